The van der Waals surface area contributed by atoms with Gasteiger partial charge >= 0.3 is 11.9 Å². The number of epoxide rings is 1. The van der Waals surface area contributed by atoms with Crippen LogP contribution >= 0.6 is 0 Å². The summed E-state index contributed by atoms with van der Waals surface area (Å²) in [5.74, 6) is 5.30. The minimum atomic E-state index is -0.701. The van der Waals surface area contributed by atoms with Crippen molar-refractivity contribution in [2.45, 2.75) is 44.8 Å². The minimum Gasteiger partial charge on any atom is -0.493 e. The van der Waals surface area contributed by atoms with Crippen LogP contribution in [0.2, 0.25) is 0 Å². The molecule has 0 bridgehead atoms. The third-order valence-corrected chi connectivity index (χ3v) is 8.54. The molecule has 0 radical (unpaired) electrons. The number of carbonyl (C=O) groups is 2. The highest BCUT2D eigenvalue weighted by molar-refractivity contribution is 5.97. The van der Waals surface area contributed by atoms with E-state index in [1.54, 1.807) is 31.2 Å². The maximum atomic E-state index is 14.5. The molecule has 8 nitrogen and oxygen atoms in total. The maximum Gasteiger partial charge on any atom is 0.343 e. The Kier molecular flexibility index (Phi) is 10.5. The lowest BCUT2D eigenvalue weighted by Gasteiger charge is -2.18. The smallest absolute Gasteiger partial charge is 0.343 e. The highest BCUT2D eigenvalue weighted by atomic mass is 19.1. The number of esters is 2. The number of ether oxygens (including phenoxy) is 5. The molecule has 6 rings (SSSR count). The van der Waals surface area contributed by atoms with Gasteiger partial charge in [-0.3, -0.25) is 0 Å². The lowest BCUT2D eigenvalue weighted by Crippen LogP contribution is -2.19. The highest BCUT2D eigenvalue weighted by Crippen LogP contribution is 2.39. The van der Waals surface area contributed by atoms with Gasteiger partial charge in [-0.2, -0.15) is 0 Å². The van der Waals surface area contributed by atoms with Crippen LogP contribution < -0.4 is 14.2 Å². The summed E-state index contributed by atoms with van der Waals surface area (Å²) in [4.78, 5) is 25.3. The third kappa shape index (κ3) is 8.60. The molecule has 9 heteroatoms. The highest BCUT2D eigenvalue weighted by Gasteiger charge is 2.43. The van der Waals surface area contributed by atoms with Crippen molar-refractivity contribution in [3.8, 4) is 29.1 Å². The molecule has 3 atom stereocenters. The Morgan fingerprint density at radius 2 is 1.76 bits per heavy atom. The number of fused-ring (bicyclic) bond motifs is 2. The molecular weight excluding hydrogens is 625 g/mol. The molecule has 1 N–H and O–H groups in total. The first-order chi connectivity index (χ1) is 23.8. The number of carbonyl (C=O) groups excluding carboxylic acids is 2. The average molecular weight is 662 g/mol. The monoisotopic (exact) mass is 661 g/mol. The van der Waals surface area contributed by atoms with Gasteiger partial charge in [-0.1, -0.05) is 36.6 Å². The number of aryl methyl sites for hydroxylation is 1. The van der Waals surface area contributed by atoms with Crippen LogP contribution in [0, 0.1) is 35.9 Å². The summed E-state index contributed by atoms with van der Waals surface area (Å²) >= 11 is 0. The van der Waals surface area contributed by atoms with Crippen LogP contribution in [-0.4, -0.2) is 50.2 Å². The zero-order chi connectivity index (χ0) is 34.3. The van der Waals surface area contributed by atoms with Crippen LogP contribution in [-0.2, 0) is 14.3 Å². The van der Waals surface area contributed by atoms with E-state index in [-0.39, 0.29) is 22.6 Å². The van der Waals surface area contributed by atoms with Crippen molar-refractivity contribution in [1.29, 1.82) is 5.41 Å². The van der Waals surface area contributed by atoms with Gasteiger partial charge in [0.05, 0.1) is 35.5 Å². The Morgan fingerprint density at radius 3 is 2.55 bits per heavy atom. The molecule has 49 heavy (non-hydrogen) atoms. The summed E-state index contributed by atoms with van der Waals surface area (Å²) in [7, 11) is 0. The van der Waals surface area contributed by atoms with Crippen molar-refractivity contribution in [2.24, 2.45) is 5.92 Å². The first-order valence-corrected chi connectivity index (χ1v) is 16.2. The summed E-state index contributed by atoms with van der Waals surface area (Å²) in [6, 6.07) is 18.2. The summed E-state index contributed by atoms with van der Waals surface area (Å²) in [6.45, 7) is 7.07. The van der Waals surface area contributed by atoms with E-state index in [1.165, 1.54) is 24.6 Å². The molecule has 2 aliphatic rings. The van der Waals surface area contributed by atoms with Crippen LogP contribution in [0.25, 0.3) is 10.8 Å². The van der Waals surface area contributed by atoms with Crippen LogP contribution in [0.3, 0.4) is 0 Å². The first kappa shape index (κ1) is 33.6. The predicted octanol–water partition coefficient (Wildman–Crippen LogP) is 7.35. The van der Waals surface area contributed by atoms with Gasteiger partial charge in [0.2, 0.25) is 0 Å². The number of hydrogen-bond acceptors (Lipinski definition) is 8. The van der Waals surface area contributed by atoms with E-state index < -0.39 is 17.8 Å². The summed E-state index contributed by atoms with van der Waals surface area (Å²) < 4.78 is 43.1. The van der Waals surface area contributed by atoms with Gasteiger partial charge in [-0.25, -0.2) is 14.0 Å². The lowest BCUT2D eigenvalue weighted by atomic mass is 9.90. The third-order valence-electron chi connectivity index (χ3n) is 8.54. The fourth-order valence-corrected chi connectivity index (χ4v) is 5.87. The van der Waals surface area contributed by atoms with Crippen LogP contribution in [0.5, 0.6) is 17.2 Å². The molecule has 4 aromatic rings. The molecule has 1 saturated carbocycles. The van der Waals surface area contributed by atoms with E-state index in [0.29, 0.717) is 48.0 Å². The van der Waals surface area contributed by atoms with Crippen LogP contribution in [0.1, 0.15) is 58.3 Å². The van der Waals surface area contributed by atoms with Crippen LogP contribution in [0.15, 0.2) is 79.4 Å². The Labute approximate surface area is 284 Å². The van der Waals surface area contributed by atoms with Gasteiger partial charge in [0.1, 0.15) is 23.1 Å². The quantitative estimate of drug-likeness (QED) is 0.0322. The number of benzene rings is 4. The van der Waals surface area contributed by atoms with Gasteiger partial charge in [-0.05, 0) is 96.5 Å². The maximum absolute atomic E-state index is 14.5. The second-order valence-corrected chi connectivity index (χ2v) is 12.2. The Bertz CT molecular complexity index is 1980. The van der Waals surface area contributed by atoms with Crippen molar-refractivity contribution in [3.63, 3.8) is 0 Å². The fraction of sp³-hybridized carbons (Fsp3) is 0.275. The summed E-state index contributed by atoms with van der Waals surface area (Å²) in [5, 5.41) is 9.05. The zero-order valence-corrected chi connectivity index (χ0v) is 27.1. The van der Waals surface area contributed by atoms with Crippen molar-refractivity contribution < 1.29 is 37.7 Å². The zero-order valence-electron chi connectivity index (χ0n) is 27.1. The first-order valence-electron chi connectivity index (χ1n) is 16.2. The van der Waals surface area contributed by atoms with E-state index in [9.17, 15) is 14.0 Å². The number of nitrogens with one attached hydrogen (secondary N) is 1. The van der Waals surface area contributed by atoms with Crippen molar-refractivity contribution in [1.82, 2.24) is 0 Å². The Hall–Kier alpha value is -5.30. The van der Waals surface area contributed by atoms with E-state index in [2.05, 4.69) is 18.4 Å². The van der Waals surface area contributed by atoms with Gasteiger partial charge < -0.3 is 29.1 Å². The van der Waals surface area contributed by atoms with Gasteiger partial charge in [0.15, 0.2) is 0 Å². The Morgan fingerprint density at radius 1 is 0.939 bits per heavy atom. The van der Waals surface area contributed by atoms with E-state index in [1.807, 2.05) is 24.3 Å². The molecule has 1 aliphatic carbocycles. The predicted molar refractivity (Wildman–Crippen MR) is 183 cm³/mol. The second kappa shape index (κ2) is 15.3. The van der Waals surface area contributed by atoms with Crippen molar-refractivity contribution in [2.75, 3.05) is 19.8 Å². The molecule has 3 unspecified atom stereocenters. The minimum absolute atomic E-state index is 0.0856. The number of rotatable bonds is 12. The largest absolute Gasteiger partial charge is 0.493 e. The molecule has 1 aliphatic heterocycles. The normalized spacial score (nSPS) is 17.6. The summed E-state index contributed by atoms with van der Waals surface area (Å²) in [5.41, 5.74) is 1.49. The van der Waals surface area contributed by atoms with Gasteiger partial charge in [0.25, 0.3) is 0 Å². The van der Waals surface area contributed by atoms with E-state index in [0.717, 1.165) is 54.7 Å². The molecule has 250 valence electrons. The van der Waals surface area contributed by atoms with E-state index in [4.69, 9.17) is 29.1 Å². The molecule has 1 heterocycles. The molecular formula is C40H36FNO7. The summed E-state index contributed by atoms with van der Waals surface area (Å²) in [6.07, 6.45) is 7.27. The molecule has 0 spiro atoms. The van der Waals surface area contributed by atoms with Gasteiger partial charge in [0, 0.05) is 38.0 Å². The fourth-order valence-electron chi connectivity index (χ4n) is 5.87. The van der Waals surface area contributed by atoms with Crippen LogP contribution in [0.4, 0.5) is 4.39 Å². The molecule has 2 fully saturated rings. The molecule has 1 saturated heterocycles. The van der Waals surface area contributed by atoms with E-state index >= 15 is 0 Å². The molecule has 0 amide bonds. The van der Waals surface area contributed by atoms with Crippen molar-refractivity contribution in [3.05, 3.63) is 113 Å². The molecule has 4 aromatic carbocycles. The topological polar surface area (TPSA) is 107 Å². The molecule has 0 aromatic heterocycles. The second-order valence-electron chi connectivity index (χ2n) is 12.2. The standard InChI is InChI=1S/C40H36FNO7/c1-3-38(43)49-39-25(2)17-34(22-31(39)10-8-28-7-5-26(23-42)18-35(28)41)47-40(44)32-11-9-30-21-33(13-12-29(30)20-32)46-16-4-15-45-24-27-6-14-36-37(19-27)48-36/h3,5,7,9,11-13,17-18,20-23,27,36-37,42H,1,4,6,14-16,19,24H2,2H3. The van der Waals surface area contributed by atoms with Crippen molar-refractivity contribution >= 4 is 28.9 Å². The average Bonchev–Trinajstić information content (AvgIpc) is 3.89. The Balaban J connectivity index is 1.09. The SMILES string of the molecule is C=CC(=O)Oc1c(C)cc(OC(=O)c2ccc3cc(OCCCOCC4CCC5OC5C4)ccc3c2)cc1C#Cc1ccc(C=N)cc1F. The lowest BCUT2D eigenvalue weighted by molar-refractivity contribution is -0.129. The number of hydrogen-bond donors (Lipinski definition) is 1. The van der Waals surface area contributed by atoms with Gasteiger partial charge in [-0.15, -0.1) is 0 Å². The number of halogens is 1.